The fourth-order valence-electron chi connectivity index (χ4n) is 2.52. The van der Waals surface area contributed by atoms with Gasteiger partial charge in [-0.05, 0) is 49.9 Å². The van der Waals surface area contributed by atoms with Gasteiger partial charge in [0.1, 0.15) is 0 Å². The van der Waals surface area contributed by atoms with Gasteiger partial charge in [-0.2, -0.15) is 0 Å². The Morgan fingerprint density at radius 1 is 1.00 bits per heavy atom. The van der Waals surface area contributed by atoms with Gasteiger partial charge in [-0.3, -0.25) is 0 Å². The van der Waals surface area contributed by atoms with Crippen LogP contribution < -0.4 is 14.8 Å². The van der Waals surface area contributed by atoms with E-state index in [1.807, 2.05) is 13.0 Å². The Kier molecular flexibility index (Phi) is 6.95. The smallest absolute Gasteiger partial charge is 0.161 e. The lowest BCUT2D eigenvalue weighted by Gasteiger charge is -2.15. The number of methoxy groups -OCH3 is 1. The highest BCUT2D eigenvalue weighted by molar-refractivity contribution is 5.42. The summed E-state index contributed by atoms with van der Waals surface area (Å²) in [7, 11) is 1.67. The number of benzene rings is 2. The van der Waals surface area contributed by atoms with Crippen molar-refractivity contribution >= 4 is 0 Å². The van der Waals surface area contributed by atoms with Crippen molar-refractivity contribution in [3.63, 3.8) is 0 Å². The molecule has 124 valence electrons. The van der Waals surface area contributed by atoms with Gasteiger partial charge in [-0.1, -0.05) is 36.4 Å². The summed E-state index contributed by atoms with van der Waals surface area (Å²) >= 11 is 0. The van der Waals surface area contributed by atoms with Crippen LogP contribution >= 0.6 is 0 Å². The molecule has 0 aliphatic rings. The Bertz CT molecular complexity index is 583. The van der Waals surface area contributed by atoms with E-state index in [1.54, 1.807) is 7.11 Å². The maximum absolute atomic E-state index is 5.63. The van der Waals surface area contributed by atoms with Gasteiger partial charge >= 0.3 is 0 Å². The fraction of sp³-hybridized carbons (Fsp3) is 0.400. The van der Waals surface area contributed by atoms with Gasteiger partial charge in [-0.15, -0.1) is 0 Å². The molecular formula is C20H27NO2. The molecule has 0 aliphatic heterocycles. The zero-order valence-electron chi connectivity index (χ0n) is 14.3. The van der Waals surface area contributed by atoms with E-state index < -0.39 is 0 Å². The van der Waals surface area contributed by atoms with Gasteiger partial charge in [0, 0.05) is 12.6 Å². The quantitative estimate of drug-likeness (QED) is 0.752. The summed E-state index contributed by atoms with van der Waals surface area (Å²) in [6, 6.07) is 17.2. The average Bonchev–Trinajstić information content (AvgIpc) is 2.59. The van der Waals surface area contributed by atoms with Crippen molar-refractivity contribution in [3.8, 4) is 11.5 Å². The number of aryl methyl sites for hydroxylation is 1. The molecule has 3 heteroatoms. The van der Waals surface area contributed by atoms with Crippen LogP contribution in [-0.4, -0.2) is 19.8 Å². The topological polar surface area (TPSA) is 30.5 Å². The minimum Gasteiger partial charge on any atom is -0.493 e. The third kappa shape index (κ3) is 5.61. The predicted molar refractivity (Wildman–Crippen MR) is 95.2 cm³/mol. The number of rotatable bonds is 9. The largest absolute Gasteiger partial charge is 0.493 e. The van der Waals surface area contributed by atoms with E-state index in [1.165, 1.54) is 11.1 Å². The van der Waals surface area contributed by atoms with Gasteiger partial charge in [-0.25, -0.2) is 0 Å². The molecular weight excluding hydrogens is 286 g/mol. The van der Waals surface area contributed by atoms with Gasteiger partial charge < -0.3 is 14.8 Å². The molecule has 0 saturated heterocycles. The van der Waals surface area contributed by atoms with E-state index in [0.717, 1.165) is 30.9 Å². The Hall–Kier alpha value is -2.00. The zero-order valence-corrected chi connectivity index (χ0v) is 14.3. The second-order valence-electron chi connectivity index (χ2n) is 5.72. The van der Waals surface area contributed by atoms with Gasteiger partial charge in [0.25, 0.3) is 0 Å². The molecule has 2 rings (SSSR count). The zero-order chi connectivity index (χ0) is 16.5. The summed E-state index contributed by atoms with van der Waals surface area (Å²) in [5, 5.41) is 3.58. The highest BCUT2D eigenvalue weighted by Gasteiger charge is 2.07. The molecule has 1 N–H and O–H groups in total. The Morgan fingerprint density at radius 2 is 1.78 bits per heavy atom. The van der Waals surface area contributed by atoms with Crippen molar-refractivity contribution in [2.24, 2.45) is 0 Å². The van der Waals surface area contributed by atoms with Crippen molar-refractivity contribution in [1.82, 2.24) is 5.32 Å². The summed E-state index contributed by atoms with van der Waals surface area (Å²) in [5.41, 5.74) is 2.60. The molecule has 0 heterocycles. The summed E-state index contributed by atoms with van der Waals surface area (Å²) in [6.07, 6.45) is 2.22. The first-order valence-corrected chi connectivity index (χ1v) is 8.30. The molecule has 23 heavy (non-hydrogen) atoms. The highest BCUT2D eigenvalue weighted by Crippen LogP contribution is 2.28. The third-order valence-corrected chi connectivity index (χ3v) is 3.89. The van der Waals surface area contributed by atoms with Gasteiger partial charge in [0.05, 0.1) is 13.7 Å². The lowest BCUT2D eigenvalue weighted by atomic mass is 10.1. The first kappa shape index (κ1) is 17.4. The van der Waals surface area contributed by atoms with Crippen molar-refractivity contribution in [3.05, 3.63) is 59.7 Å². The Morgan fingerprint density at radius 3 is 2.48 bits per heavy atom. The molecule has 0 spiro atoms. The van der Waals surface area contributed by atoms with Crippen LogP contribution in [0, 0.1) is 0 Å². The van der Waals surface area contributed by atoms with Crippen LogP contribution in [0.3, 0.4) is 0 Å². The van der Waals surface area contributed by atoms with Crippen LogP contribution in [0.1, 0.15) is 31.4 Å². The van der Waals surface area contributed by atoms with Crippen molar-refractivity contribution < 1.29 is 9.47 Å². The molecule has 0 bridgehead atoms. The second-order valence-corrected chi connectivity index (χ2v) is 5.72. The van der Waals surface area contributed by atoms with Crippen LogP contribution in [0.15, 0.2) is 48.5 Å². The lowest BCUT2D eigenvalue weighted by Crippen LogP contribution is -2.26. The SMILES string of the molecule is CCOc1cc(CN[C@@H](C)CCc2ccccc2)ccc1OC. The summed E-state index contributed by atoms with van der Waals surface area (Å²) in [6.45, 7) is 5.69. The number of hydrogen-bond donors (Lipinski definition) is 1. The number of hydrogen-bond acceptors (Lipinski definition) is 3. The maximum atomic E-state index is 5.63. The van der Waals surface area contributed by atoms with Crippen LogP contribution in [0.4, 0.5) is 0 Å². The van der Waals surface area contributed by atoms with E-state index in [2.05, 4.69) is 54.7 Å². The number of ether oxygens (including phenoxy) is 2. The van der Waals surface area contributed by atoms with Crippen LogP contribution in [0.5, 0.6) is 11.5 Å². The molecule has 0 unspecified atom stereocenters. The summed E-state index contributed by atoms with van der Waals surface area (Å²) in [5.74, 6) is 1.60. The van der Waals surface area contributed by atoms with E-state index in [9.17, 15) is 0 Å². The van der Waals surface area contributed by atoms with Crippen LogP contribution in [0.25, 0.3) is 0 Å². The fourth-order valence-corrected chi connectivity index (χ4v) is 2.52. The standard InChI is InChI=1S/C20H27NO2/c1-4-23-20-14-18(12-13-19(20)22-3)15-21-16(2)10-11-17-8-6-5-7-9-17/h5-9,12-14,16,21H,4,10-11,15H2,1-3H3/t16-/m0/s1. The second kappa shape index (κ2) is 9.21. The van der Waals surface area contributed by atoms with Crippen molar-refractivity contribution in [1.29, 1.82) is 0 Å². The first-order chi connectivity index (χ1) is 11.2. The lowest BCUT2D eigenvalue weighted by molar-refractivity contribution is 0.310. The average molecular weight is 313 g/mol. The van der Waals surface area contributed by atoms with Crippen molar-refractivity contribution in [2.45, 2.75) is 39.3 Å². The van der Waals surface area contributed by atoms with E-state index in [0.29, 0.717) is 12.6 Å². The molecule has 0 amide bonds. The maximum Gasteiger partial charge on any atom is 0.161 e. The molecule has 2 aromatic rings. The summed E-state index contributed by atoms with van der Waals surface area (Å²) < 4.78 is 10.9. The van der Waals surface area contributed by atoms with Gasteiger partial charge in [0.2, 0.25) is 0 Å². The summed E-state index contributed by atoms with van der Waals surface area (Å²) in [4.78, 5) is 0. The molecule has 0 radical (unpaired) electrons. The molecule has 0 saturated carbocycles. The van der Waals surface area contributed by atoms with E-state index in [4.69, 9.17) is 9.47 Å². The van der Waals surface area contributed by atoms with Crippen LogP contribution in [-0.2, 0) is 13.0 Å². The first-order valence-electron chi connectivity index (χ1n) is 8.30. The van der Waals surface area contributed by atoms with E-state index >= 15 is 0 Å². The molecule has 0 fully saturated rings. The Labute approximate surface area is 139 Å². The number of nitrogens with one attached hydrogen (secondary N) is 1. The molecule has 3 nitrogen and oxygen atoms in total. The third-order valence-electron chi connectivity index (χ3n) is 3.89. The van der Waals surface area contributed by atoms with Crippen LogP contribution in [0.2, 0.25) is 0 Å². The van der Waals surface area contributed by atoms with Gasteiger partial charge in [0.15, 0.2) is 11.5 Å². The molecule has 0 aliphatic carbocycles. The molecule has 0 aromatic heterocycles. The monoisotopic (exact) mass is 313 g/mol. The predicted octanol–water partition coefficient (Wildman–Crippen LogP) is 4.20. The molecule has 2 aromatic carbocycles. The highest BCUT2D eigenvalue weighted by atomic mass is 16.5. The van der Waals surface area contributed by atoms with E-state index in [-0.39, 0.29) is 0 Å². The molecule has 1 atom stereocenters. The minimum atomic E-state index is 0.466. The van der Waals surface area contributed by atoms with Crippen molar-refractivity contribution in [2.75, 3.05) is 13.7 Å². The Balaban J connectivity index is 1.83. The minimum absolute atomic E-state index is 0.466. The normalized spacial score (nSPS) is 12.0.